The third-order valence-corrected chi connectivity index (χ3v) is 3.59. The molecule has 0 N–H and O–H groups in total. The summed E-state index contributed by atoms with van der Waals surface area (Å²) in [5.74, 6) is 0.271. The van der Waals surface area contributed by atoms with E-state index in [0.29, 0.717) is 0 Å². The van der Waals surface area contributed by atoms with Crippen molar-refractivity contribution in [1.82, 2.24) is 0 Å². The molecule has 0 saturated heterocycles. The fourth-order valence-electron chi connectivity index (χ4n) is 1.49. The van der Waals surface area contributed by atoms with Gasteiger partial charge < -0.3 is 0 Å². The van der Waals surface area contributed by atoms with Crippen LogP contribution in [0.5, 0.6) is 0 Å². The molecule has 2 heteroatoms. The molecule has 1 atom stereocenters. The van der Waals surface area contributed by atoms with Gasteiger partial charge in [-0.1, -0.05) is 79.1 Å². The predicted octanol–water partition coefficient (Wildman–Crippen LogP) is 4.25. The average Bonchev–Trinajstić information content (AvgIpc) is 2.29. The number of benzene rings is 1. The smallest absolute Gasteiger partial charge is 0.175 e. The number of carbonyl (C=O) groups is 1. The molecule has 15 heavy (non-hydrogen) atoms. The van der Waals surface area contributed by atoms with Crippen LogP contribution in [0, 0.1) is 0 Å². The number of unbranched alkanes of at least 4 members (excludes halogenated alkanes) is 2. The summed E-state index contributed by atoms with van der Waals surface area (Å²) in [5.41, 5.74) is 0.841. The lowest BCUT2D eigenvalue weighted by molar-refractivity contribution is 0.0991. The van der Waals surface area contributed by atoms with Crippen molar-refractivity contribution in [3.8, 4) is 0 Å². The van der Waals surface area contributed by atoms with Crippen LogP contribution in [0.3, 0.4) is 0 Å². The molecule has 0 heterocycles. The SMILES string of the molecule is CCCCCC(I)C(=O)c1ccccc1. The van der Waals surface area contributed by atoms with E-state index in [2.05, 4.69) is 29.5 Å². The Labute approximate surface area is 105 Å². The van der Waals surface area contributed by atoms with Crippen molar-refractivity contribution in [3.05, 3.63) is 35.9 Å². The summed E-state index contributed by atoms with van der Waals surface area (Å²) in [6, 6.07) is 9.57. The lowest BCUT2D eigenvalue weighted by Gasteiger charge is -2.08. The van der Waals surface area contributed by atoms with Crippen LogP contribution in [0.15, 0.2) is 30.3 Å². The monoisotopic (exact) mass is 316 g/mol. The fourth-order valence-corrected chi connectivity index (χ4v) is 2.29. The van der Waals surface area contributed by atoms with E-state index in [1.807, 2.05) is 30.3 Å². The van der Waals surface area contributed by atoms with Gasteiger partial charge in [0.1, 0.15) is 0 Å². The van der Waals surface area contributed by atoms with Crippen molar-refractivity contribution in [3.63, 3.8) is 0 Å². The van der Waals surface area contributed by atoms with Crippen molar-refractivity contribution < 1.29 is 4.79 Å². The van der Waals surface area contributed by atoms with Crippen molar-refractivity contribution in [1.29, 1.82) is 0 Å². The maximum absolute atomic E-state index is 11.9. The summed E-state index contributed by atoms with van der Waals surface area (Å²) >= 11 is 2.26. The molecule has 1 unspecified atom stereocenters. The zero-order valence-electron chi connectivity index (χ0n) is 9.08. The minimum atomic E-state index is 0.136. The molecule has 0 aliphatic rings. The summed E-state index contributed by atoms with van der Waals surface area (Å²) in [4.78, 5) is 11.9. The Bertz CT molecular complexity index is 295. The Balaban J connectivity index is 2.46. The van der Waals surface area contributed by atoms with Gasteiger partial charge in [-0.15, -0.1) is 0 Å². The lowest BCUT2D eigenvalue weighted by atomic mass is 10.0. The van der Waals surface area contributed by atoms with Crippen LogP contribution in [-0.4, -0.2) is 9.71 Å². The second-order valence-corrected chi connectivity index (χ2v) is 5.20. The van der Waals surface area contributed by atoms with Gasteiger partial charge in [-0.25, -0.2) is 0 Å². The van der Waals surface area contributed by atoms with Gasteiger partial charge in [0.25, 0.3) is 0 Å². The Morgan fingerprint density at radius 2 is 1.93 bits per heavy atom. The van der Waals surface area contributed by atoms with Crippen LogP contribution in [0.2, 0.25) is 0 Å². The molecule has 1 rings (SSSR count). The highest BCUT2D eigenvalue weighted by molar-refractivity contribution is 14.1. The van der Waals surface area contributed by atoms with Crippen LogP contribution in [0.1, 0.15) is 43.0 Å². The molecule has 0 fully saturated rings. The van der Waals surface area contributed by atoms with Crippen LogP contribution in [-0.2, 0) is 0 Å². The Kier molecular flexibility index (Phi) is 5.91. The predicted molar refractivity (Wildman–Crippen MR) is 72.7 cm³/mol. The van der Waals surface area contributed by atoms with Crippen molar-refractivity contribution >= 4 is 28.4 Å². The standard InChI is InChI=1S/C13H17IO/c1-2-3-5-10-12(14)13(15)11-8-6-4-7-9-11/h4,6-9,12H,2-3,5,10H2,1H3. The molecule has 0 aliphatic carbocycles. The molecule has 0 bridgehead atoms. The number of ketones is 1. The molecular weight excluding hydrogens is 299 g/mol. The second kappa shape index (κ2) is 6.99. The van der Waals surface area contributed by atoms with Gasteiger partial charge in [0, 0.05) is 5.56 Å². The summed E-state index contributed by atoms with van der Waals surface area (Å²) in [5, 5.41) is 0. The lowest BCUT2D eigenvalue weighted by Crippen LogP contribution is -2.13. The Morgan fingerprint density at radius 1 is 1.27 bits per heavy atom. The van der Waals surface area contributed by atoms with E-state index in [0.717, 1.165) is 18.4 Å². The van der Waals surface area contributed by atoms with Gasteiger partial charge in [0.05, 0.1) is 3.92 Å². The van der Waals surface area contributed by atoms with Gasteiger partial charge in [0.2, 0.25) is 0 Å². The molecule has 0 amide bonds. The highest BCUT2D eigenvalue weighted by atomic mass is 127. The van der Waals surface area contributed by atoms with Gasteiger partial charge in [-0.2, -0.15) is 0 Å². The van der Waals surface area contributed by atoms with Crippen LogP contribution in [0.4, 0.5) is 0 Å². The van der Waals surface area contributed by atoms with E-state index in [-0.39, 0.29) is 9.71 Å². The number of carbonyl (C=O) groups excluding carboxylic acids is 1. The molecule has 0 spiro atoms. The molecule has 1 nitrogen and oxygen atoms in total. The quantitative estimate of drug-likeness (QED) is 0.332. The van der Waals surface area contributed by atoms with E-state index in [9.17, 15) is 4.79 Å². The zero-order valence-corrected chi connectivity index (χ0v) is 11.2. The molecule has 0 aliphatic heterocycles. The normalized spacial score (nSPS) is 12.4. The summed E-state index contributed by atoms with van der Waals surface area (Å²) in [6.45, 7) is 2.18. The van der Waals surface area contributed by atoms with Crippen molar-refractivity contribution in [2.24, 2.45) is 0 Å². The maximum atomic E-state index is 11.9. The first-order valence-corrected chi connectivity index (χ1v) is 6.73. The van der Waals surface area contributed by atoms with E-state index in [1.165, 1.54) is 12.8 Å². The Hall–Kier alpha value is -0.380. The molecular formula is C13H17IO. The topological polar surface area (TPSA) is 17.1 Å². The van der Waals surface area contributed by atoms with E-state index < -0.39 is 0 Å². The van der Waals surface area contributed by atoms with Gasteiger partial charge in [-0.05, 0) is 6.42 Å². The number of Topliss-reactive ketones (excluding diaryl/α,β-unsaturated/α-hetero) is 1. The van der Waals surface area contributed by atoms with E-state index in [4.69, 9.17) is 0 Å². The van der Waals surface area contributed by atoms with Gasteiger partial charge in [0.15, 0.2) is 5.78 Å². The highest BCUT2D eigenvalue weighted by Crippen LogP contribution is 2.17. The van der Waals surface area contributed by atoms with Gasteiger partial charge >= 0.3 is 0 Å². The van der Waals surface area contributed by atoms with Crippen molar-refractivity contribution in [2.75, 3.05) is 0 Å². The average molecular weight is 316 g/mol. The first-order valence-electron chi connectivity index (χ1n) is 5.49. The van der Waals surface area contributed by atoms with Crippen molar-refractivity contribution in [2.45, 2.75) is 36.5 Å². The molecule has 0 aromatic heterocycles. The number of hydrogen-bond donors (Lipinski definition) is 0. The second-order valence-electron chi connectivity index (χ2n) is 3.69. The summed E-state index contributed by atoms with van der Waals surface area (Å²) in [6.07, 6.45) is 4.59. The minimum absolute atomic E-state index is 0.136. The number of alkyl halides is 1. The van der Waals surface area contributed by atoms with E-state index >= 15 is 0 Å². The summed E-state index contributed by atoms with van der Waals surface area (Å²) in [7, 11) is 0. The first-order chi connectivity index (χ1) is 7.25. The van der Waals surface area contributed by atoms with Crippen LogP contribution in [0.25, 0.3) is 0 Å². The number of rotatable bonds is 6. The molecule has 0 radical (unpaired) electrons. The third kappa shape index (κ3) is 4.33. The van der Waals surface area contributed by atoms with Gasteiger partial charge in [-0.3, -0.25) is 4.79 Å². The first kappa shape index (κ1) is 12.7. The summed E-state index contributed by atoms with van der Waals surface area (Å²) < 4.78 is 0.136. The largest absolute Gasteiger partial charge is 0.293 e. The zero-order chi connectivity index (χ0) is 11.1. The highest BCUT2D eigenvalue weighted by Gasteiger charge is 2.15. The number of halogens is 1. The fraction of sp³-hybridized carbons (Fsp3) is 0.462. The molecule has 1 aromatic carbocycles. The van der Waals surface area contributed by atoms with Crippen LogP contribution >= 0.6 is 22.6 Å². The molecule has 1 aromatic rings. The maximum Gasteiger partial charge on any atom is 0.175 e. The molecule has 82 valence electrons. The number of hydrogen-bond acceptors (Lipinski definition) is 1. The van der Waals surface area contributed by atoms with E-state index in [1.54, 1.807) is 0 Å². The minimum Gasteiger partial charge on any atom is -0.293 e. The van der Waals surface area contributed by atoms with Crippen LogP contribution < -0.4 is 0 Å². The third-order valence-electron chi connectivity index (χ3n) is 2.40. The Morgan fingerprint density at radius 3 is 2.53 bits per heavy atom. The molecule has 0 saturated carbocycles.